The number of hydrogen-bond acceptors (Lipinski definition) is 2. The number of rotatable bonds is 7. The van der Waals surface area contributed by atoms with Gasteiger partial charge in [-0.05, 0) is 55.8 Å². The quantitative estimate of drug-likeness (QED) is 0.766. The Morgan fingerprint density at radius 2 is 1.95 bits per heavy atom. The van der Waals surface area contributed by atoms with Crippen LogP contribution in [0.1, 0.15) is 44.2 Å². The summed E-state index contributed by atoms with van der Waals surface area (Å²) in [6, 6.07) is 8.93. The van der Waals surface area contributed by atoms with E-state index in [-0.39, 0.29) is 0 Å². The Morgan fingerprint density at radius 3 is 2.75 bits per heavy atom. The molecule has 0 bridgehead atoms. The van der Waals surface area contributed by atoms with Crippen molar-refractivity contribution < 1.29 is 0 Å². The highest BCUT2D eigenvalue weighted by Crippen LogP contribution is 2.17. The van der Waals surface area contributed by atoms with Gasteiger partial charge in [0, 0.05) is 19.6 Å². The maximum Gasteiger partial charge on any atom is 0.0237 e. The zero-order valence-electron chi connectivity index (χ0n) is 13.2. The van der Waals surface area contributed by atoms with Gasteiger partial charge < -0.3 is 5.32 Å². The molecule has 1 heterocycles. The largest absolute Gasteiger partial charge is 0.315 e. The van der Waals surface area contributed by atoms with Gasteiger partial charge in [0.2, 0.25) is 0 Å². The molecule has 1 N–H and O–H groups in total. The van der Waals surface area contributed by atoms with Crippen molar-refractivity contribution in [3.63, 3.8) is 0 Å². The number of aryl methyl sites for hydroxylation is 1. The molecule has 0 unspecified atom stereocenters. The number of fused-ring (bicyclic) bond motifs is 1. The van der Waals surface area contributed by atoms with Crippen LogP contribution in [0.3, 0.4) is 0 Å². The van der Waals surface area contributed by atoms with E-state index in [1.54, 1.807) is 5.56 Å². The molecule has 1 aromatic carbocycles. The standard InChI is InChI=1S/C18H30N2/c1-16(2)7-5-11-19-12-14-20-13-6-10-17-8-3-4-9-18(17)15-20/h3-4,8-9,16,19H,5-7,10-15H2,1-2H3. The van der Waals surface area contributed by atoms with E-state index in [4.69, 9.17) is 0 Å². The van der Waals surface area contributed by atoms with Gasteiger partial charge in [-0.1, -0.05) is 38.1 Å². The second-order valence-corrected chi connectivity index (χ2v) is 6.43. The lowest BCUT2D eigenvalue weighted by Crippen LogP contribution is -2.32. The number of nitrogens with one attached hydrogen (secondary N) is 1. The summed E-state index contributed by atoms with van der Waals surface area (Å²) in [7, 11) is 0. The van der Waals surface area contributed by atoms with Crippen LogP contribution in [-0.4, -0.2) is 31.1 Å². The van der Waals surface area contributed by atoms with Crippen LogP contribution in [0.2, 0.25) is 0 Å². The SMILES string of the molecule is CC(C)CCCNCCN1CCCc2ccccc2C1. The molecule has 0 fully saturated rings. The topological polar surface area (TPSA) is 15.3 Å². The van der Waals surface area contributed by atoms with Gasteiger partial charge in [-0.3, -0.25) is 4.90 Å². The Kier molecular flexibility index (Phi) is 6.55. The highest BCUT2D eigenvalue weighted by molar-refractivity contribution is 5.27. The molecule has 112 valence electrons. The summed E-state index contributed by atoms with van der Waals surface area (Å²) >= 11 is 0. The highest BCUT2D eigenvalue weighted by atomic mass is 15.1. The van der Waals surface area contributed by atoms with Gasteiger partial charge in [0.05, 0.1) is 0 Å². The predicted molar refractivity (Wildman–Crippen MR) is 87.0 cm³/mol. The van der Waals surface area contributed by atoms with Gasteiger partial charge in [-0.25, -0.2) is 0 Å². The van der Waals surface area contributed by atoms with E-state index in [9.17, 15) is 0 Å². The maximum absolute atomic E-state index is 3.59. The van der Waals surface area contributed by atoms with E-state index in [0.717, 1.165) is 19.0 Å². The zero-order valence-corrected chi connectivity index (χ0v) is 13.2. The van der Waals surface area contributed by atoms with Crippen molar-refractivity contribution in [1.82, 2.24) is 10.2 Å². The fraction of sp³-hybridized carbons (Fsp3) is 0.667. The molecule has 0 amide bonds. The van der Waals surface area contributed by atoms with Crippen LogP contribution in [0.25, 0.3) is 0 Å². The summed E-state index contributed by atoms with van der Waals surface area (Å²) in [5.41, 5.74) is 3.09. The Balaban J connectivity index is 1.67. The van der Waals surface area contributed by atoms with E-state index in [1.165, 1.54) is 50.9 Å². The summed E-state index contributed by atoms with van der Waals surface area (Å²) in [5.74, 6) is 0.832. The van der Waals surface area contributed by atoms with Crippen LogP contribution in [-0.2, 0) is 13.0 Å². The van der Waals surface area contributed by atoms with Crippen LogP contribution in [0.15, 0.2) is 24.3 Å². The first kappa shape index (κ1) is 15.5. The molecule has 0 saturated carbocycles. The molecule has 1 aliphatic heterocycles. The van der Waals surface area contributed by atoms with E-state index < -0.39 is 0 Å². The molecule has 0 aliphatic carbocycles. The first-order chi connectivity index (χ1) is 9.75. The summed E-state index contributed by atoms with van der Waals surface area (Å²) in [6.45, 7) is 10.4. The minimum atomic E-state index is 0.832. The Morgan fingerprint density at radius 1 is 1.15 bits per heavy atom. The number of benzene rings is 1. The minimum Gasteiger partial charge on any atom is -0.315 e. The molecule has 0 atom stereocenters. The zero-order chi connectivity index (χ0) is 14.2. The second-order valence-electron chi connectivity index (χ2n) is 6.43. The molecule has 1 aliphatic rings. The van der Waals surface area contributed by atoms with E-state index in [0.29, 0.717) is 0 Å². The first-order valence-electron chi connectivity index (χ1n) is 8.25. The number of hydrogen-bond donors (Lipinski definition) is 1. The molecule has 1 aromatic rings. The average Bonchev–Trinajstić information content (AvgIpc) is 2.64. The van der Waals surface area contributed by atoms with Crippen molar-refractivity contribution in [1.29, 1.82) is 0 Å². The average molecular weight is 274 g/mol. The first-order valence-corrected chi connectivity index (χ1v) is 8.25. The molecule has 2 heteroatoms. The summed E-state index contributed by atoms with van der Waals surface area (Å²) in [5, 5.41) is 3.59. The van der Waals surface area contributed by atoms with Crippen molar-refractivity contribution in [2.24, 2.45) is 5.92 Å². The van der Waals surface area contributed by atoms with Gasteiger partial charge in [0.25, 0.3) is 0 Å². The normalized spacial score (nSPS) is 16.1. The van der Waals surface area contributed by atoms with Gasteiger partial charge in [-0.15, -0.1) is 0 Å². The molecule has 2 rings (SSSR count). The van der Waals surface area contributed by atoms with Crippen LogP contribution in [0, 0.1) is 5.92 Å². The predicted octanol–water partition coefficient (Wildman–Crippen LogP) is 3.46. The lowest BCUT2D eigenvalue weighted by molar-refractivity contribution is 0.269. The summed E-state index contributed by atoms with van der Waals surface area (Å²) in [4.78, 5) is 2.60. The van der Waals surface area contributed by atoms with Gasteiger partial charge in [0.15, 0.2) is 0 Å². The molecular weight excluding hydrogens is 244 g/mol. The van der Waals surface area contributed by atoms with Crippen molar-refractivity contribution in [2.75, 3.05) is 26.2 Å². The number of nitrogens with zero attached hydrogens (tertiary/aromatic N) is 1. The Bertz CT molecular complexity index is 387. The third-order valence-electron chi connectivity index (χ3n) is 4.17. The molecule has 0 radical (unpaired) electrons. The van der Waals surface area contributed by atoms with Gasteiger partial charge >= 0.3 is 0 Å². The van der Waals surface area contributed by atoms with E-state index >= 15 is 0 Å². The van der Waals surface area contributed by atoms with E-state index in [2.05, 4.69) is 48.3 Å². The second kappa shape index (κ2) is 8.43. The summed E-state index contributed by atoms with van der Waals surface area (Å²) < 4.78 is 0. The van der Waals surface area contributed by atoms with Crippen molar-refractivity contribution in [3.05, 3.63) is 35.4 Å². The van der Waals surface area contributed by atoms with Crippen molar-refractivity contribution >= 4 is 0 Å². The van der Waals surface area contributed by atoms with Crippen LogP contribution >= 0.6 is 0 Å². The van der Waals surface area contributed by atoms with Crippen LogP contribution < -0.4 is 5.32 Å². The van der Waals surface area contributed by atoms with Crippen molar-refractivity contribution in [3.8, 4) is 0 Å². The summed E-state index contributed by atoms with van der Waals surface area (Å²) in [6.07, 6.45) is 5.18. The Hall–Kier alpha value is -0.860. The lowest BCUT2D eigenvalue weighted by atomic mass is 10.0. The van der Waals surface area contributed by atoms with Gasteiger partial charge in [-0.2, -0.15) is 0 Å². The lowest BCUT2D eigenvalue weighted by Gasteiger charge is -2.20. The van der Waals surface area contributed by atoms with Crippen LogP contribution in [0.4, 0.5) is 0 Å². The van der Waals surface area contributed by atoms with Crippen LogP contribution in [0.5, 0.6) is 0 Å². The van der Waals surface area contributed by atoms with E-state index in [1.807, 2.05) is 0 Å². The third-order valence-corrected chi connectivity index (χ3v) is 4.17. The molecular formula is C18H30N2. The fourth-order valence-corrected chi connectivity index (χ4v) is 2.96. The molecule has 0 saturated heterocycles. The van der Waals surface area contributed by atoms with Gasteiger partial charge in [0.1, 0.15) is 0 Å². The monoisotopic (exact) mass is 274 g/mol. The molecule has 0 spiro atoms. The molecule has 2 nitrogen and oxygen atoms in total. The smallest absolute Gasteiger partial charge is 0.0237 e. The molecule has 20 heavy (non-hydrogen) atoms. The highest BCUT2D eigenvalue weighted by Gasteiger charge is 2.12. The fourth-order valence-electron chi connectivity index (χ4n) is 2.96. The van der Waals surface area contributed by atoms with Crippen molar-refractivity contribution in [2.45, 2.75) is 46.1 Å². The third kappa shape index (κ3) is 5.26. The maximum atomic E-state index is 3.59. The molecule has 0 aromatic heterocycles. The minimum absolute atomic E-state index is 0.832. The Labute approximate surface area is 124 Å².